The summed E-state index contributed by atoms with van der Waals surface area (Å²) in [5, 5.41) is 7.04. The molecule has 2 nitrogen and oxygen atoms in total. The summed E-state index contributed by atoms with van der Waals surface area (Å²) in [4.78, 5) is 0. The molecule has 84 valence electrons. The highest BCUT2D eigenvalue weighted by Crippen LogP contribution is 2.23. The molecule has 0 saturated carbocycles. The minimum absolute atomic E-state index is 0.497. The van der Waals surface area contributed by atoms with E-state index in [2.05, 4.69) is 38.3 Å². The molecule has 1 saturated heterocycles. The Hall–Kier alpha value is -0.0800. The normalized spacial score (nSPS) is 29.8. The predicted molar refractivity (Wildman–Crippen MR) is 62.5 cm³/mol. The summed E-state index contributed by atoms with van der Waals surface area (Å²) in [6, 6.07) is 0. The van der Waals surface area contributed by atoms with E-state index in [0.29, 0.717) is 5.41 Å². The maximum absolute atomic E-state index is 3.61. The fourth-order valence-electron chi connectivity index (χ4n) is 1.86. The van der Waals surface area contributed by atoms with Crippen molar-refractivity contribution in [2.75, 3.05) is 26.2 Å². The number of hydrogen-bond acceptors (Lipinski definition) is 2. The van der Waals surface area contributed by atoms with Gasteiger partial charge in [-0.25, -0.2) is 0 Å². The van der Waals surface area contributed by atoms with Gasteiger partial charge in [-0.3, -0.25) is 0 Å². The van der Waals surface area contributed by atoms with Crippen molar-refractivity contribution in [3.63, 3.8) is 0 Å². The summed E-state index contributed by atoms with van der Waals surface area (Å²) in [5.74, 6) is 1.57. The van der Waals surface area contributed by atoms with Crippen LogP contribution in [0.5, 0.6) is 0 Å². The molecule has 2 heteroatoms. The zero-order valence-corrected chi connectivity index (χ0v) is 10.2. The van der Waals surface area contributed by atoms with E-state index in [4.69, 9.17) is 0 Å². The van der Waals surface area contributed by atoms with Crippen LogP contribution in [0.4, 0.5) is 0 Å². The van der Waals surface area contributed by atoms with E-state index in [-0.39, 0.29) is 0 Å². The Morgan fingerprint density at radius 2 is 2.07 bits per heavy atom. The van der Waals surface area contributed by atoms with Crippen LogP contribution >= 0.6 is 0 Å². The standard InChI is InChI=1S/C12H26N2/c1-10(2)11(3)7-14-9-12(4)5-6-13-8-12/h10-11,13-14H,5-9H2,1-4H3. The molecule has 1 aliphatic rings. The Morgan fingerprint density at radius 1 is 1.36 bits per heavy atom. The van der Waals surface area contributed by atoms with Gasteiger partial charge < -0.3 is 10.6 Å². The molecular formula is C12H26N2. The Balaban J connectivity index is 2.14. The molecule has 0 aliphatic carbocycles. The van der Waals surface area contributed by atoms with E-state index in [1.807, 2.05) is 0 Å². The molecule has 0 aromatic rings. The first kappa shape index (κ1) is 12.0. The van der Waals surface area contributed by atoms with Crippen molar-refractivity contribution in [3.05, 3.63) is 0 Å². The van der Waals surface area contributed by atoms with Gasteiger partial charge in [0.15, 0.2) is 0 Å². The van der Waals surface area contributed by atoms with Crippen molar-refractivity contribution >= 4 is 0 Å². The number of nitrogens with one attached hydrogen (secondary N) is 2. The average Bonchev–Trinajstić information content (AvgIpc) is 2.52. The molecule has 0 amide bonds. The highest BCUT2D eigenvalue weighted by molar-refractivity contribution is 4.85. The van der Waals surface area contributed by atoms with Crippen LogP contribution in [0.25, 0.3) is 0 Å². The van der Waals surface area contributed by atoms with Crippen molar-refractivity contribution in [2.24, 2.45) is 17.3 Å². The lowest BCUT2D eigenvalue weighted by Crippen LogP contribution is -2.36. The zero-order valence-electron chi connectivity index (χ0n) is 10.2. The molecule has 2 N–H and O–H groups in total. The Morgan fingerprint density at radius 3 is 2.57 bits per heavy atom. The molecule has 14 heavy (non-hydrogen) atoms. The maximum atomic E-state index is 3.61. The van der Waals surface area contributed by atoms with Gasteiger partial charge in [0.1, 0.15) is 0 Å². The molecule has 1 fully saturated rings. The van der Waals surface area contributed by atoms with Crippen LogP contribution in [-0.2, 0) is 0 Å². The maximum Gasteiger partial charge on any atom is 0.00179 e. The van der Waals surface area contributed by atoms with Crippen LogP contribution in [0.2, 0.25) is 0 Å². The summed E-state index contributed by atoms with van der Waals surface area (Å²) in [6.07, 6.45) is 1.32. The quantitative estimate of drug-likeness (QED) is 0.705. The molecule has 0 spiro atoms. The fraction of sp³-hybridized carbons (Fsp3) is 1.00. The van der Waals surface area contributed by atoms with E-state index in [1.165, 1.54) is 19.5 Å². The van der Waals surface area contributed by atoms with Gasteiger partial charge in [0, 0.05) is 13.1 Å². The number of rotatable bonds is 5. The Kier molecular flexibility index (Phi) is 4.39. The van der Waals surface area contributed by atoms with Crippen molar-refractivity contribution in [1.82, 2.24) is 10.6 Å². The van der Waals surface area contributed by atoms with Crippen LogP contribution in [0, 0.1) is 17.3 Å². The molecule has 1 heterocycles. The van der Waals surface area contributed by atoms with Crippen LogP contribution < -0.4 is 10.6 Å². The summed E-state index contributed by atoms with van der Waals surface area (Å²) in [6.45, 7) is 14.0. The minimum atomic E-state index is 0.497. The largest absolute Gasteiger partial charge is 0.316 e. The lowest BCUT2D eigenvalue weighted by atomic mass is 9.89. The molecule has 0 bridgehead atoms. The number of hydrogen-bond donors (Lipinski definition) is 2. The molecular weight excluding hydrogens is 172 g/mol. The molecule has 2 atom stereocenters. The first-order valence-electron chi connectivity index (χ1n) is 5.95. The van der Waals surface area contributed by atoms with Crippen LogP contribution in [0.15, 0.2) is 0 Å². The molecule has 1 aliphatic heterocycles. The van der Waals surface area contributed by atoms with E-state index in [9.17, 15) is 0 Å². The van der Waals surface area contributed by atoms with Crippen molar-refractivity contribution < 1.29 is 0 Å². The molecule has 2 unspecified atom stereocenters. The first-order chi connectivity index (χ1) is 6.53. The topological polar surface area (TPSA) is 24.1 Å². The second-order valence-corrected chi connectivity index (χ2v) is 5.59. The lowest BCUT2D eigenvalue weighted by Gasteiger charge is -2.25. The van der Waals surface area contributed by atoms with Gasteiger partial charge >= 0.3 is 0 Å². The third-order valence-electron chi connectivity index (χ3n) is 3.61. The molecule has 0 radical (unpaired) electrons. The second kappa shape index (κ2) is 5.13. The fourth-order valence-corrected chi connectivity index (χ4v) is 1.86. The van der Waals surface area contributed by atoms with Gasteiger partial charge in [-0.1, -0.05) is 27.7 Å². The second-order valence-electron chi connectivity index (χ2n) is 5.59. The first-order valence-corrected chi connectivity index (χ1v) is 5.95. The van der Waals surface area contributed by atoms with Crippen molar-refractivity contribution in [3.8, 4) is 0 Å². The van der Waals surface area contributed by atoms with Gasteiger partial charge in [0.25, 0.3) is 0 Å². The highest BCUT2D eigenvalue weighted by Gasteiger charge is 2.27. The van der Waals surface area contributed by atoms with E-state index in [0.717, 1.165) is 24.9 Å². The van der Waals surface area contributed by atoms with Gasteiger partial charge in [0.2, 0.25) is 0 Å². The van der Waals surface area contributed by atoms with Gasteiger partial charge in [0.05, 0.1) is 0 Å². The summed E-state index contributed by atoms with van der Waals surface area (Å²) >= 11 is 0. The van der Waals surface area contributed by atoms with Gasteiger partial charge in [-0.2, -0.15) is 0 Å². The van der Waals surface area contributed by atoms with E-state index >= 15 is 0 Å². The van der Waals surface area contributed by atoms with Crippen LogP contribution in [0.1, 0.15) is 34.1 Å². The lowest BCUT2D eigenvalue weighted by molar-refractivity contribution is 0.311. The zero-order chi connectivity index (χ0) is 10.6. The van der Waals surface area contributed by atoms with Crippen LogP contribution in [0.3, 0.4) is 0 Å². The monoisotopic (exact) mass is 198 g/mol. The Bertz CT molecular complexity index is 160. The highest BCUT2D eigenvalue weighted by atomic mass is 15.0. The molecule has 1 rings (SSSR count). The van der Waals surface area contributed by atoms with Gasteiger partial charge in [-0.05, 0) is 36.8 Å². The third kappa shape index (κ3) is 3.58. The average molecular weight is 198 g/mol. The molecule has 0 aromatic carbocycles. The third-order valence-corrected chi connectivity index (χ3v) is 3.61. The predicted octanol–water partition coefficient (Wildman–Crippen LogP) is 1.87. The van der Waals surface area contributed by atoms with E-state index in [1.54, 1.807) is 0 Å². The van der Waals surface area contributed by atoms with E-state index < -0.39 is 0 Å². The van der Waals surface area contributed by atoms with Gasteiger partial charge in [-0.15, -0.1) is 0 Å². The smallest absolute Gasteiger partial charge is 0.00179 e. The molecule has 0 aromatic heterocycles. The minimum Gasteiger partial charge on any atom is -0.316 e. The summed E-state index contributed by atoms with van der Waals surface area (Å²) in [7, 11) is 0. The Labute approximate surface area is 88.8 Å². The summed E-state index contributed by atoms with van der Waals surface area (Å²) in [5.41, 5.74) is 0.497. The SMILES string of the molecule is CC(C)C(C)CNCC1(C)CCNC1. The van der Waals surface area contributed by atoms with Crippen LogP contribution in [-0.4, -0.2) is 26.2 Å². The van der Waals surface area contributed by atoms with Crippen molar-refractivity contribution in [2.45, 2.75) is 34.1 Å². The van der Waals surface area contributed by atoms with Crippen molar-refractivity contribution in [1.29, 1.82) is 0 Å². The summed E-state index contributed by atoms with van der Waals surface area (Å²) < 4.78 is 0.